The van der Waals surface area contributed by atoms with E-state index in [1.165, 1.54) is 42.6 Å². The van der Waals surface area contributed by atoms with Gasteiger partial charge in [-0.05, 0) is 56.3 Å². The van der Waals surface area contributed by atoms with Crippen LogP contribution >= 0.6 is 0 Å². The van der Waals surface area contributed by atoms with Gasteiger partial charge in [0.25, 0.3) is 0 Å². The van der Waals surface area contributed by atoms with Crippen LogP contribution < -0.4 is 10.6 Å². The molecular weight excluding hydrogens is 208 g/mol. The van der Waals surface area contributed by atoms with E-state index in [-0.39, 0.29) is 0 Å². The van der Waals surface area contributed by atoms with Gasteiger partial charge in [0.15, 0.2) is 0 Å². The van der Waals surface area contributed by atoms with Gasteiger partial charge < -0.3 is 10.6 Å². The molecule has 94 valence electrons. The van der Waals surface area contributed by atoms with E-state index in [4.69, 9.17) is 5.73 Å². The molecule has 0 radical (unpaired) electrons. The average molecular weight is 232 g/mol. The second kappa shape index (κ2) is 5.54. The summed E-state index contributed by atoms with van der Waals surface area (Å²) in [6.45, 7) is 6.47. The second-order valence-electron chi connectivity index (χ2n) is 5.06. The van der Waals surface area contributed by atoms with E-state index >= 15 is 0 Å². The van der Waals surface area contributed by atoms with Crippen molar-refractivity contribution in [3.8, 4) is 0 Å². The molecule has 2 heteroatoms. The Balaban J connectivity index is 2.20. The summed E-state index contributed by atoms with van der Waals surface area (Å²) in [5.41, 5.74) is 9.79. The SMILES string of the molecule is CCC1CCCN1c1ccc(CCN)cc1C. The van der Waals surface area contributed by atoms with Crippen LogP contribution in [0.3, 0.4) is 0 Å². The summed E-state index contributed by atoms with van der Waals surface area (Å²) >= 11 is 0. The molecule has 0 saturated carbocycles. The van der Waals surface area contributed by atoms with Gasteiger partial charge in [0, 0.05) is 18.3 Å². The molecule has 0 aromatic heterocycles. The molecule has 1 heterocycles. The number of rotatable bonds is 4. The van der Waals surface area contributed by atoms with Crippen molar-refractivity contribution in [2.24, 2.45) is 5.73 Å². The molecule has 2 nitrogen and oxygen atoms in total. The van der Waals surface area contributed by atoms with Crippen LogP contribution in [-0.2, 0) is 6.42 Å². The van der Waals surface area contributed by atoms with Crippen LogP contribution in [0.2, 0.25) is 0 Å². The molecule has 2 N–H and O–H groups in total. The summed E-state index contributed by atoms with van der Waals surface area (Å²) in [7, 11) is 0. The lowest BCUT2D eigenvalue weighted by molar-refractivity contribution is 0.644. The number of hydrogen-bond donors (Lipinski definition) is 1. The fourth-order valence-electron chi connectivity index (χ4n) is 2.94. The molecule has 1 aromatic carbocycles. The molecule has 0 spiro atoms. The van der Waals surface area contributed by atoms with Crippen molar-refractivity contribution in [3.63, 3.8) is 0 Å². The lowest BCUT2D eigenvalue weighted by atomic mass is 10.1. The first-order valence-corrected chi connectivity index (χ1v) is 6.82. The van der Waals surface area contributed by atoms with Gasteiger partial charge in [0.05, 0.1) is 0 Å². The summed E-state index contributed by atoms with van der Waals surface area (Å²) in [6.07, 6.45) is 4.92. The molecule has 0 bridgehead atoms. The van der Waals surface area contributed by atoms with Crippen LogP contribution in [0.15, 0.2) is 18.2 Å². The lowest BCUT2D eigenvalue weighted by Crippen LogP contribution is -2.29. The first-order valence-electron chi connectivity index (χ1n) is 6.82. The van der Waals surface area contributed by atoms with Gasteiger partial charge in [-0.1, -0.05) is 19.1 Å². The van der Waals surface area contributed by atoms with Crippen molar-refractivity contribution in [1.29, 1.82) is 0 Å². The molecule has 0 aliphatic carbocycles. The van der Waals surface area contributed by atoms with E-state index in [2.05, 4.69) is 36.9 Å². The minimum absolute atomic E-state index is 0.736. The Bertz CT molecular complexity index is 373. The molecule has 17 heavy (non-hydrogen) atoms. The average Bonchev–Trinajstić information content (AvgIpc) is 2.77. The Kier molecular flexibility index (Phi) is 4.06. The Morgan fingerprint density at radius 2 is 2.24 bits per heavy atom. The van der Waals surface area contributed by atoms with Crippen LogP contribution in [0.1, 0.15) is 37.3 Å². The molecule has 1 fully saturated rings. The van der Waals surface area contributed by atoms with Crippen molar-refractivity contribution in [1.82, 2.24) is 0 Å². The molecule has 1 atom stereocenters. The normalized spacial score (nSPS) is 19.9. The van der Waals surface area contributed by atoms with E-state index in [0.717, 1.165) is 19.0 Å². The number of nitrogens with zero attached hydrogens (tertiary/aromatic N) is 1. The van der Waals surface area contributed by atoms with Crippen molar-refractivity contribution >= 4 is 5.69 Å². The highest BCUT2D eigenvalue weighted by Gasteiger charge is 2.23. The smallest absolute Gasteiger partial charge is 0.0398 e. The number of nitrogens with two attached hydrogens (primary N) is 1. The summed E-state index contributed by atoms with van der Waals surface area (Å²) in [4.78, 5) is 2.58. The monoisotopic (exact) mass is 232 g/mol. The largest absolute Gasteiger partial charge is 0.368 e. The lowest BCUT2D eigenvalue weighted by Gasteiger charge is -2.27. The van der Waals surface area contributed by atoms with Gasteiger partial charge in [0.1, 0.15) is 0 Å². The Morgan fingerprint density at radius 3 is 2.88 bits per heavy atom. The van der Waals surface area contributed by atoms with Crippen molar-refractivity contribution in [3.05, 3.63) is 29.3 Å². The van der Waals surface area contributed by atoms with Gasteiger partial charge in [0.2, 0.25) is 0 Å². The maximum atomic E-state index is 5.60. The third kappa shape index (κ3) is 2.63. The zero-order valence-corrected chi connectivity index (χ0v) is 11.1. The maximum absolute atomic E-state index is 5.60. The number of benzene rings is 1. The quantitative estimate of drug-likeness (QED) is 0.865. The fraction of sp³-hybridized carbons (Fsp3) is 0.600. The molecule has 2 rings (SSSR count). The minimum Gasteiger partial charge on any atom is -0.368 e. The third-order valence-electron chi connectivity index (χ3n) is 3.85. The predicted octanol–water partition coefficient (Wildman–Crippen LogP) is 2.88. The van der Waals surface area contributed by atoms with E-state index in [0.29, 0.717) is 0 Å². The van der Waals surface area contributed by atoms with Crippen LogP contribution in [0.4, 0.5) is 5.69 Å². The van der Waals surface area contributed by atoms with Gasteiger partial charge in [-0.2, -0.15) is 0 Å². The summed E-state index contributed by atoms with van der Waals surface area (Å²) in [5.74, 6) is 0. The highest BCUT2D eigenvalue weighted by Crippen LogP contribution is 2.30. The fourth-order valence-corrected chi connectivity index (χ4v) is 2.94. The Morgan fingerprint density at radius 1 is 1.41 bits per heavy atom. The molecule has 1 aliphatic heterocycles. The predicted molar refractivity (Wildman–Crippen MR) is 74.6 cm³/mol. The highest BCUT2D eigenvalue weighted by atomic mass is 15.2. The van der Waals surface area contributed by atoms with Crippen LogP contribution in [0.5, 0.6) is 0 Å². The zero-order valence-electron chi connectivity index (χ0n) is 11.1. The van der Waals surface area contributed by atoms with E-state index < -0.39 is 0 Å². The summed E-state index contributed by atoms with van der Waals surface area (Å²) in [6, 6.07) is 7.57. The number of hydrogen-bond acceptors (Lipinski definition) is 2. The second-order valence-corrected chi connectivity index (χ2v) is 5.06. The van der Waals surface area contributed by atoms with Gasteiger partial charge in [-0.15, -0.1) is 0 Å². The highest BCUT2D eigenvalue weighted by molar-refractivity contribution is 5.56. The van der Waals surface area contributed by atoms with Crippen molar-refractivity contribution < 1.29 is 0 Å². The van der Waals surface area contributed by atoms with E-state index in [9.17, 15) is 0 Å². The van der Waals surface area contributed by atoms with Gasteiger partial charge in [-0.3, -0.25) is 0 Å². The molecule has 1 aromatic rings. The first-order chi connectivity index (χ1) is 8.26. The first kappa shape index (κ1) is 12.4. The molecule has 1 saturated heterocycles. The van der Waals surface area contributed by atoms with E-state index in [1.807, 2.05) is 0 Å². The maximum Gasteiger partial charge on any atom is 0.0398 e. The van der Waals surface area contributed by atoms with Crippen molar-refractivity contribution in [2.45, 2.75) is 45.6 Å². The van der Waals surface area contributed by atoms with Crippen LogP contribution in [0, 0.1) is 6.92 Å². The topological polar surface area (TPSA) is 29.3 Å². The Hall–Kier alpha value is -1.02. The minimum atomic E-state index is 0.736. The standard InChI is InChI=1S/C15H24N2/c1-3-14-5-4-10-17(14)15-7-6-13(8-9-16)11-12(15)2/h6-7,11,14H,3-5,8-10,16H2,1-2H3. The summed E-state index contributed by atoms with van der Waals surface area (Å²) in [5, 5.41) is 0. The molecule has 0 amide bonds. The van der Waals surface area contributed by atoms with E-state index in [1.54, 1.807) is 0 Å². The number of anilines is 1. The molecule has 1 aliphatic rings. The van der Waals surface area contributed by atoms with Crippen LogP contribution in [0.25, 0.3) is 0 Å². The molecular formula is C15H24N2. The van der Waals surface area contributed by atoms with Crippen LogP contribution in [-0.4, -0.2) is 19.1 Å². The number of aryl methyl sites for hydroxylation is 1. The molecule has 1 unspecified atom stereocenters. The van der Waals surface area contributed by atoms with Crippen molar-refractivity contribution in [2.75, 3.05) is 18.0 Å². The van der Waals surface area contributed by atoms with Gasteiger partial charge >= 0.3 is 0 Å². The van der Waals surface area contributed by atoms with Gasteiger partial charge in [-0.25, -0.2) is 0 Å². The Labute approximate surface area is 105 Å². The summed E-state index contributed by atoms with van der Waals surface area (Å²) < 4.78 is 0. The zero-order chi connectivity index (χ0) is 12.3. The third-order valence-corrected chi connectivity index (χ3v) is 3.85.